The Morgan fingerprint density at radius 3 is 2.59 bits per heavy atom. The molecule has 0 aliphatic heterocycles. The van der Waals surface area contributed by atoms with E-state index < -0.39 is 0 Å². The first-order valence-electron chi connectivity index (χ1n) is 5.32. The lowest BCUT2D eigenvalue weighted by Crippen LogP contribution is -2.00. The first kappa shape index (κ1) is 11.6. The van der Waals surface area contributed by atoms with Crippen LogP contribution in [0.25, 0.3) is 0 Å². The molecule has 1 heterocycles. The highest BCUT2D eigenvalue weighted by Crippen LogP contribution is 2.12. The smallest absolute Gasteiger partial charge is 0.118 e. The fraction of sp³-hybridized carbons (Fsp3) is 0.333. The first-order chi connectivity index (χ1) is 8.31. The molecule has 2 rings (SSSR count). The van der Waals surface area contributed by atoms with E-state index in [9.17, 15) is 0 Å². The number of hydrogen-bond donors (Lipinski definition) is 0. The summed E-state index contributed by atoms with van der Waals surface area (Å²) in [7, 11) is 3.30. The summed E-state index contributed by atoms with van der Waals surface area (Å²) in [4.78, 5) is 0. The zero-order valence-electron chi connectivity index (χ0n) is 9.96. The molecule has 0 aliphatic rings. The maximum Gasteiger partial charge on any atom is 0.118 e. The van der Waals surface area contributed by atoms with Crippen LogP contribution in [-0.4, -0.2) is 29.2 Å². The Kier molecular flexibility index (Phi) is 3.72. The van der Waals surface area contributed by atoms with Crippen LogP contribution in [0.1, 0.15) is 11.3 Å². The van der Waals surface area contributed by atoms with Crippen molar-refractivity contribution < 1.29 is 9.47 Å². The van der Waals surface area contributed by atoms with Gasteiger partial charge in [-0.3, -0.25) is 0 Å². The van der Waals surface area contributed by atoms with Gasteiger partial charge in [-0.1, -0.05) is 17.3 Å². The third kappa shape index (κ3) is 3.04. The van der Waals surface area contributed by atoms with Crippen LogP contribution in [-0.2, 0) is 17.9 Å². The summed E-state index contributed by atoms with van der Waals surface area (Å²) in [5.74, 6) is 0.854. The summed E-state index contributed by atoms with van der Waals surface area (Å²) in [5, 5.41) is 8.03. The molecule has 0 atom stereocenters. The average Bonchev–Trinajstić information content (AvgIpc) is 2.78. The van der Waals surface area contributed by atoms with Crippen LogP contribution in [0.5, 0.6) is 5.75 Å². The lowest BCUT2D eigenvalue weighted by Gasteiger charge is -2.02. The molecule has 1 aromatic carbocycles. The average molecular weight is 233 g/mol. The zero-order valence-corrected chi connectivity index (χ0v) is 9.96. The summed E-state index contributed by atoms with van der Waals surface area (Å²) in [5.41, 5.74) is 1.99. The molecule has 1 aromatic heterocycles. The van der Waals surface area contributed by atoms with Crippen molar-refractivity contribution >= 4 is 0 Å². The molecule has 0 fully saturated rings. The Morgan fingerprint density at radius 2 is 1.94 bits per heavy atom. The monoisotopic (exact) mass is 233 g/mol. The van der Waals surface area contributed by atoms with E-state index in [-0.39, 0.29) is 0 Å². The normalized spacial score (nSPS) is 10.5. The van der Waals surface area contributed by atoms with Crippen LogP contribution in [0.3, 0.4) is 0 Å². The third-order valence-electron chi connectivity index (χ3n) is 2.38. The van der Waals surface area contributed by atoms with Crippen molar-refractivity contribution in [2.75, 3.05) is 14.2 Å². The maximum absolute atomic E-state index is 5.10. The summed E-state index contributed by atoms with van der Waals surface area (Å²) < 4.78 is 11.9. The van der Waals surface area contributed by atoms with Gasteiger partial charge in [0.1, 0.15) is 11.4 Å². The Bertz CT molecular complexity index is 465. The van der Waals surface area contributed by atoms with Gasteiger partial charge >= 0.3 is 0 Å². The molecular weight excluding hydrogens is 218 g/mol. The second-order valence-electron chi connectivity index (χ2n) is 3.69. The largest absolute Gasteiger partial charge is 0.497 e. The van der Waals surface area contributed by atoms with E-state index in [0.717, 1.165) is 17.0 Å². The van der Waals surface area contributed by atoms with E-state index in [2.05, 4.69) is 10.3 Å². The minimum atomic E-state index is 0.489. The van der Waals surface area contributed by atoms with Gasteiger partial charge in [0.2, 0.25) is 0 Å². The minimum absolute atomic E-state index is 0.489. The first-order valence-corrected chi connectivity index (χ1v) is 5.32. The van der Waals surface area contributed by atoms with E-state index in [1.165, 1.54) is 0 Å². The second kappa shape index (κ2) is 5.45. The Hall–Kier alpha value is -1.88. The van der Waals surface area contributed by atoms with Crippen molar-refractivity contribution in [2.45, 2.75) is 13.2 Å². The lowest BCUT2D eigenvalue weighted by atomic mass is 10.2. The molecule has 5 nitrogen and oxygen atoms in total. The Balaban J connectivity index is 2.03. The number of ether oxygens (including phenoxy) is 2. The molecule has 5 heteroatoms. The van der Waals surface area contributed by atoms with Crippen LogP contribution in [0, 0.1) is 0 Å². The number of aromatic nitrogens is 3. The molecule has 0 saturated carbocycles. The quantitative estimate of drug-likeness (QED) is 0.785. The molecule has 0 saturated heterocycles. The number of hydrogen-bond acceptors (Lipinski definition) is 4. The number of nitrogens with zero attached hydrogens (tertiary/aromatic N) is 3. The van der Waals surface area contributed by atoms with Gasteiger partial charge in [0.15, 0.2) is 0 Å². The summed E-state index contributed by atoms with van der Waals surface area (Å²) >= 11 is 0. The van der Waals surface area contributed by atoms with Crippen molar-refractivity contribution in [3.63, 3.8) is 0 Å². The predicted molar refractivity (Wildman–Crippen MR) is 62.8 cm³/mol. The standard InChI is InChI=1S/C12H15N3O2/c1-16-9-11-8-15(14-13-11)7-10-3-5-12(17-2)6-4-10/h3-6,8H,7,9H2,1-2H3. The van der Waals surface area contributed by atoms with E-state index >= 15 is 0 Å². The molecule has 0 spiro atoms. The van der Waals surface area contributed by atoms with Crippen LogP contribution in [0.15, 0.2) is 30.5 Å². The van der Waals surface area contributed by atoms with Crippen LogP contribution in [0.2, 0.25) is 0 Å². The maximum atomic E-state index is 5.10. The summed E-state index contributed by atoms with van der Waals surface area (Å²) in [6, 6.07) is 7.89. The Labute approximate surface area is 100.0 Å². The molecule has 0 radical (unpaired) electrons. The van der Waals surface area contributed by atoms with Gasteiger partial charge in [-0.25, -0.2) is 4.68 Å². The molecule has 0 unspecified atom stereocenters. The van der Waals surface area contributed by atoms with E-state index in [1.807, 2.05) is 30.5 Å². The molecule has 0 N–H and O–H groups in total. The van der Waals surface area contributed by atoms with Crippen molar-refractivity contribution in [1.29, 1.82) is 0 Å². The fourth-order valence-corrected chi connectivity index (χ4v) is 1.55. The van der Waals surface area contributed by atoms with E-state index in [4.69, 9.17) is 9.47 Å². The van der Waals surface area contributed by atoms with Crippen molar-refractivity contribution in [3.8, 4) is 5.75 Å². The zero-order chi connectivity index (χ0) is 12.1. The lowest BCUT2D eigenvalue weighted by molar-refractivity contribution is 0.181. The van der Waals surface area contributed by atoms with Crippen molar-refractivity contribution in [3.05, 3.63) is 41.7 Å². The van der Waals surface area contributed by atoms with Gasteiger partial charge in [-0.2, -0.15) is 0 Å². The molecule has 90 valence electrons. The van der Waals surface area contributed by atoms with E-state index in [0.29, 0.717) is 13.2 Å². The SMILES string of the molecule is COCc1cn(Cc2ccc(OC)cc2)nn1. The predicted octanol–water partition coefficient (Wildman–Crippen LogP) is 1.48. The molecular formula is C12H15N3O2. The fourth-order valence-electron chi connectivity index (χ4n) is 1.55. The molecule has 0 amide bonds. The highest BCUT2D eigenvalue weighted by Gasteiger charge is 2.01. The van der Waals surface area contributed by atoms with Gasteiger partial charge in [0.05, 0.1) is 26.5 Å². The highest BCUT2D eigenvalue weighted by atomic mass is 16.5. The highest BCUT2D eigenvalue weighted by molar-refractivity contribution is 5.27. The van der Waals surface area contributed by atoms with Gasteiger partial charge in [-0.05, 0) is 17.7 Å². The molecule has 17 heavy (non-hydrogen) atoms. The van der Waals surface area contributed by atoms with Crippen molar-refractivity contribution in [2.24, 2.45) is 0 Å². The topological polar surface area (TPSA) is 49.2 Å². The van der Waals surface area contributed by atoms with Crippen LogP contribution >= 0.6 is 0 Å². The van der Waals surface area contributed by atoms with Gasteiger partial charge < -0.3 is 9.47 Å². The number of rotatable bonds is 5. The molecule has 2 aromatic rings. The minimum Gasteiger partial charge on any atom is -0.497 e. The van der Waals surface area contributed by atoms with Gasteiger partial charge in [0.25, 0.3) is 0 Å². The third-order valence-corrected chi connectivity index (χ3v) is 2.38. The summed E-state index contributed by atoms with van der Waals surface area (Å²) in [6.07, 6.45) is 1.88. The van der Waals surface area contributed by atoms with Crippen molar-refractivity contribution in [1.82, 2.24) is 15.0 Å². The van der Waals surface area contributed by atoms with E-state index in [1.54, 1.807) is 18.9 Å². The Morgan fingerprint density at radius 1 is 1.18 bits per heavy atom. The second-order valence-corrected chi connectivity index (χ2v) is 3.69. The van der Waals surface area contributed by atoms with Gasteiger partial charge in [-0.15, -0.1) is 5.10 Å². The number of methoxy groups -OCH3 is 2. The van der Waals surface area contributed by atoms with Crippen LogP contribution < -0.4 is 4.74 Å². The van der Waals surface area contributed by atoms with Gasteiger partial charge in [0, 0.05) is 7.11 Å². The molecule has 0 bridgehead atoms. The number of benzene rings is 1. The summed E-state index contributed by atoms with van der Waals surface area (Å²) in [6.45, 7) is 1.18. The van der Waals surface area contributed by atoms with Crippen LogP contribution in [0.4, 0.5) is 0 Å². The molecule has 0 aliphatic carbocycles.